The van der Waals surface area contributed by atoms with Crippen molar-refractivity contribution in [3.05, 3.63) is 51.5 Å². The molecule has 0 aliphatic rings. The molecular weight excluding hydrogens is 426 g/mol. The van der Waals surface area contributed by atoms with Crippen molar-refractivity contribution in [3.8, 4) is 11.5 Å². The first-order valence-corrected chi connectivity index (χ1v) is 9.35. The van der Waals surface area contributed by atoms with Crippen LogP contribution in [-0.4, -0.2) is 30.2 Å². The van der Waals surface area contributed by atoms with Gasteiger partial charge in [0, 0.05) is 18.5 Å². The fourth-order valence-electron chi connectivity index (χ4n) is 2.37. The van der Waals surface area contributed by atoms with Gasteiger partial charge in [0.15, 0.2) is 11.5 Å². The molecule has 0 saturated carbocycles. The number of methoxy groups -OCH3 is 1. The van der Waals surface area contributed by atoms with E-state index in [1.165, 1.54) is 13.3 Å². The molecule has 28 heavy (non-hydrogen) atoms. The van der Waals surface area contributed by atoms with Gasteiger partial charge in [-0.1, -0.05) is 12.1 Å². The van der Waals surface area contributed by atoms with Gasteiger partial charge >= 0.3 is 0 Å². The number of carbonyl (C=O) groups excluding carboxylic acids is 2. The third-order valence-corrected chi connectivity index (χ3v) is 4.52. The molecule has 0 atom stereocenters. The Morgan fingerprint density at radius 2 is 1.89 bits per heavy atom. The number of hydrazone groups is 1. The van der Waals surface area contributed by atoms with Crippen LogP contribution in [0.5, 0.6) is 11.5 Å². The molecule has 2 rings (SSSR count). The van der Waals surface area contributed by atoms with Crippen molar-refractivity contribution in [1.29, 1.82) is 0 Å². The van der Waals surface area contributed by atoms with Crippen molar-refractivity contribution in [1.82, 2.24) is 5.43 Å². The molecular formula is C20H22BrN3O4. The van der Waals surface area contributed by atoms with Crippen LogP contribution in [0.1, 0.15) is 29.5 Å². The number of benzene rings is 2. The number of halogens is 1. The van der Waals surface area contributed by atoms with Gasteiger partial charge in [0.2, 0.25) is 11.8 Å². The molecule has 0 radical (unpaired) electrons. The third-order valence-electron chi connectivity index (χ3n) is 3.92. The average Bonchev–Trinajstić information content (AvgIpc) is 2.65. The Balaban J connectivity index is 1.84. The highest BCUT2D eigenvalue weighted by molar-refractivity contribution is 9.10. The maximum absolute atomic E-state index is 12.0. The molecule has 0 aliphatic carbocycles. The molecule has 0 saturated heterocycles. The second kappa shape index (κ2) is 9.89. The Hall–Kier alpha value is -2.87. The Kier molecular flexibility index (Phi) is 7.57. The summed E-state index contributed by atoms with van der Waals surface area (Å²) in [6.45, 7) is 3.86. The first kappa shape index (κ1) is 21.4. The summed E-state index contributed by atoms with van der Waals surface area (Å²) < 4.78 is 5.50. The number of nitrogens with zero attached hydrogens (tertiary/aromatic N) is 1. The monoisotopic (exact) mass is 447 g/mol. The van der Waals surface area contributed by atoms with Crippen LogP contribution in [0.25, 0.3) is 0 Å². The second-order valence-electron chi connectivity index (χ2n) is 6.21. The molecule has 3 N–H and O–H groups in total. The van der Waals surface area contributed by atoms with Crippen molar-refractivity contribution >= 4 is 39.6 Å². The van der Waals surface area contributed by atoms with Gasteiger partial charge < -0.3 is 15.2 Å². The Bertz CT molecular complexity index is 913. The maximum atomic E-state index is 12.0. The van der Waals surface area contributed by atoms with Crippen LogP contribution in [0.15, 0.2) is 39.9 Å². The molecule has 2 aromatic rings. The van der Waals surface area contributed by atoms with Crippen molar-refractivity contribution in [3.63, 3.8) is 0 Å². The minimum atomic E-state index is -0.378. The van der Waals surface area contributed by atoms with Crippen LogP contribution in [0.4, 0.5) is 5.69 Å². The molecule has 8 heteroatoms. The first-order chi connectivity index (χ1) is 13.3. The SMILES string of the molecule is COc1cc(/C=N/NC(=O)CCC(=O)Nc2cc(C)ccc2C)cc(Br)c1O. The van der Waals surface area contributed by atoms with Crippen LogP contribution in [0, 0.1) is 13.8 Å². The van der Waals surface area contributed by atoms with Crippen LogP contribution >= 0.6 is 15.9 Å². The fraction of sp³-hybridized carbons (Fsp3) is 0.250. The number of nitrogens with one attached hydrogen (secondary N) is 2. The largest absolute Gasteiger partial charge is 0.503 e. The van der Waals surface area contributed by atoms with Crippen LogP contribution < -0.4 is 15.5 Å². The minimum Gasteiger partial charge on any atom is -0.503 e. The Labute approximate surface area is 171 Å². The summed E-state index contributed by atoms with van der Waals surface area (Å²) >= 11 is 3.21. The number of carbonyl (C=O) groups is 2. The third kappa shape index (κ3) is 6.09. The van der Waals surface area contributed by atoms with E-state index in [9.17, 15) is 14.7 Å². The van der Waals surface area contributed by atoms with Crippen molar-refractivity contribution in [2.45, 2.75) is 26.7 Å². The zero-order valence-electron chi connectivity index (χ0n) is 15.9. The summed E-state index contributed by atoms with van der Waals surface area (Å²) in [6, 6.07) is 9.00. The van der Waals surface area contributed by atoms with E-state index < -0.39 is 0 Å². The van der Waals surface area contributed by atoms with Gasteiger partial charge in [-0.2, -0.15) is 5.10 Å². The van der Waals surface area contributed by atoms with Crippen molar-refractivity contribution in [2.24, 2.45) is 5.10 Å². The quantitative estimate of drug-likeness (QED) is 0.445. The number of phenolic OH excluding ortho intramolecular Hbond substituents is 1. The Morgan fingerprint density at radius 1 is 1.18 bits per heavy atom. The van der Waals surface area contributed by atoms with E-state index in [0.717, 1.165) is 16.8 Å². The van der Waals surface area contributed by atoms with E-state index in [1.807, 2.05) is 32.0 Å². The molecule has 2 aromatic carbocycles. The lowest BCUT2D eigenvalue weighted by molar-refractivity contribution is -0.124. The molecule has 2 amide bonds. The highest BCUT2D eigenvalue weighted by atomic mass is 79.9. The highest BCUT2D eigenvalue weighted by Gasteiger charge is 2.09. The van der Waals surface area contributed by atoms with Gasteiger partial charge in [-0.15, -0.1) is 0 Å². The second-order valence-corrected chi connectivity index (χ2v) is 7.07. The van der Waals surface area contributed by atoms with E-state index in [-0.39, 0.29) is 36.2 Å². The fourth-order valence-corrected chi connectivity index (χ4v) is 2.83. The van der Waals surface area contributed by atoms with Crippen LogP contribution in [-0.2, 0) is 9.59 Å². The molecule has 0 spiro atoms. The van der Waals surface area contributed by atoms with E-state index >= 15 is 0 Å². The number of amides is 2. The maximum Gasteiger partial charge on any atom is 0.240 e. The number of aryl methyl sites for hydroxylation is 2. The molecule has 0 bridgehead atoms. The summed E-state index contributed by atoms with van der Waals surface area (Å²) in [7, 11) is 1.44. The number of phenols is 1. The zero-order chi connectivity index (χ0) is 20.7. The van der Waals surface area contributed by atoms with E-state index in [1.54, 1.807) is 12.1 Å². The van der Waals surface area contributed by atoms with Gasteiger partial charge in [0.05, 0.1) is 17.8 Å². The summed E-state index contributed by atoms with van der Waals surface area (Å²) in [5.41, 5.74) is 5.75. The number of ether oxygens (including phenoxy) is 1. The molecule has 7 nitrogen and oxygen atoms in total. The predicted octanol–water partition coefficient (Wildman–Crippen LogP) is 3.65. The first-order valence-electron chi connectivity index (χ1n) is 8.55. The summed E-state index contributed by atoms with van der Waals surface area (Å²) in [4.78, 5) is 23.9. The van der Waals surface area contributed by atoms with Crippen molar-refractivity contribution < 1.29 is 19.4 Å². The number of rotatable bonds is 7. The standard InChI is InChI=1S/C20H22BrN3O4/c1-12-4-5-13(2)16(8-12)23-18(25)6-7-19(26)24-22-11-14-9-15(21)20(27)17(10-14)28-3/h4-5,8-11,27H,6-7H2,1-3H3,(H,23,25)(H,24,26)/b22-11+. The van der Waals surface area contributed by atoms with Gasteiger partial charge in [-0.25, -0.2) is 5.43 Å². The molecule has 0 aromatic heterocycles. The lowest BCUT2D eigenvalue weighted by atomic mass is 10.1. The van der Waals surface area contributed by atoms with Gasteiger partial charge in [-0.3, -0.25) is 9.59 Å². The number of hydrogen-bond acceptors (Lipinski definition) is 5. The van der Waals surface area contributed by atoms with Gasteiger partial charge in [0.25, 0.3) is 0 Å². The minimum absolute atomic E-state index is 0.0105. The normalized spacial score (nSPS) is 10.7. The van der Waals surface area contributed by atoms with Gasteiger partial charge in [-0.05, 0) is 64.7 Å². The van der Waals surface area contributed by atoms with Crippen LogP contribution in [0.2, 0.25) is 0 Å². The lowest BCUT2D eigenvalue weighted by Gasteiger charge is -2.09. The van der Waals surface area contributed by atoms with E-state index in [4.69, 9.17) is 4.74 Å². The molecule has 0 unspecified atom stereocenters. The molecule has 148 valence electrons. The van der Waals surface area contributed by atoms with E-state index in [0.29, 0.717) is 10.0 Å². The Morgan fingerprint density at radius 3 is 2.61 bits per heavy atom. The summed E-state index contributed by atoms with van der Waals surface area (Å²) in [5, 5.41) is 16.4. The highest BCUT2D eigenvalue weighted by Crippen LogP contribution is 2.34. The van der Waals surface area contributed by atoms with Crippen molar-refractivity contribution in [2.75, 3.05) is 12.4 Å². The van der Waals surface area contributed by atoms with Crippen LogP contribution in [0.3, 0.4) is 0 Å². The summed E-state index contributed by atoms with van der Waals surface area (Å²) in [6.07, 6.45) is 1.48. The number of aromatic hydroxyl groups is 1. The number of anilines is 1. The van der Waals surface area contributed by atoms with Gasteiger partial charge in [0.1, 0.15) is 0 Å². The molecule has 0 heterocycles. The average molecular weight is 448 g/mol. The molecule has 0 fully saturated rings. The number of hydrogen-bond donors (Lipinski definition) is 3. The summed E-state index contributed by atoms with van der Waals surface area (Å²) in [5.74, 6) is -0.346. The molecule has 0 aliphatic heterocycles. The van der Waals surface area contributed by atoms with E-state index in [2.05, 4.69) is 31.8 Å². The lowest BCUT2D eigenvalue weighted by Crippen LogP contribution is -2.21. The predicted molar refractivity (Wildman–Crippen MR) is 112 cm³/mol. The topological polar surface area (TPSA) is 100 Å². The zero-order valence-corrected chi connectivity index (χ0v) is 17.5. The smallest absolute Gasteiger partial charge is 0.240 e.